The highest BCUT2D eigenvalue weighted by Crippen LogP contribution is 2.24. The van der Waals surface area contributed by atoms with Crippen LogP contribution in [0.25, 0.3) is 0 Å². The van der Waals surface area contributed by atoms with Gasteiger partial charge >= 0.3 is 5.97 Å². The van der Waals surface area contributed by atoms with Crippen LogP contribution in [0.15, 0.2) is 41.4 Å². The van der Waals surface area contributed by atoms with Crippen LogP contribution in [0.1, 0.15) is 30.1 Å². The van der Waals surface area contributed by atoms with Crippen LogP contribution in [0, 0.1) is 0 Å². The van der Waals surface area contributed by atoms with Crippen LogP contribution in [0.3, 0.4) is 0 Å². The average Bonchev–Trinajstić information content (AvgIpc) is 3.26. The van der Waals surface area contributed by atoms with Crippen LogP contribution < -0.4 is 5.32 Å². The molecule has 30 heavy (non-hydrogen) atoms. The third-order valence-electron chi connectivity index (χ3n) is 4.48. The summed E-state index contributed by atoms with van der Waals surface area (Å²) in [7, 11) is -3.68. The number of carbonyl (C=O) groups is 2. The second kappa shape index (κ2) is 9.30. The number of nitrogens with one attached hydrogen (secondary N) is 1. The van der Waals surface area contributed by atoms with Gasteiger partial charge in [0.05, 0.1) is 20.5 Å². The topological polar surface area (TPSA) is 106 Å². The third-order valence-corrected chi connectivity index (χ3v) is 6.86. The van der Waals surface area contributed by atoms with E-state index < -0.39 is 28.0 Å². The summed E-state index contributed by atoms with van der Waals surface area (Å²) >= 11 is 11.7. The predicted octanol–water partition coefficient (Wildman–Crippen LogP) is 3.36. The Kier molecular flexibility index (Phi) is 6.97. The first kappa shape index (κ1) is 22.5. The van der Waals surface area contributed by atoms with Crippen LogP contribution >= 0.6 is 23.2 Å². The monoisotopic (exact) mass is 471 g/mol. The van der Waals surface area contributed by atoms with Gasteiger partial charge in [0, 0.05) is 19.3 Å². The summed E-state index contributed by atoms with van der Waals surface area (Å²) in [5, 5.41) is 2.89. The van der Waals surface area contributed by atoms with Crippen molar-refractivity contribution in [2.24, 2.45) is 0 Å². The van der Waals surface area contributed by atoms with Gasteiger partial charge in [0.1, 0.15) is 0 Å². The van der Waals surface area contributed by atoms with E-state index in [1.54, 1.807) is 0 Å². The molecular weight excluding hydrogens is 453 g/mol. The van der Waals surface area contributed by atoms with Crippen LogP contribution in [-0.2, 0) is 19.6 Å². The zero-order valence-corrected chi connectivity index (χ0v) is 18.3. The van der Waals surface area contributed by atoms with E-state index in [-0.39, 0.29) is 21.3 Å². The first-order chi connectivity index (χ1) is 14.2. The molecule has 0 bridgehead atoms. The van der Waals surface area contributed by atoms with Gasteiger partial charge in [-0.25, -0.2) is 18.2 Å². The minimum absolute atomic E-state index is 0.00750. The largest absolute Gasteiger partial charge is 0.449 e. The van der Waals surface area contributed by atoms with E-state index >= 15 is 0 Å². The number of anilines is 1. The van der Waals surface area contributed by atoms with Gasteiger partial charge in [0.25, 0.3) is 5.91 Å². The summed E-state index contributed by atoms with van der Waals surface area (Å²) in [6.07, 6.45) is 1.75. The highest BCUT2D eigenvalue weighted by atomic mass is 35.5. The summed E-state index contributed by atoms with van der Waals surface area (Å²) in [6, 6.07) is 6.97. The average molecular weight is 472 g/mol. The van der Waals surface area contributed by atoms with Gasteiger partial charge in [-0.1, -0.05) is 29.3 Å². The van der Waals surface area contributed by atoms with E-state index in [1.807, 2.05) is 0 Å². The minimum atomic E-state index is -3.68. The molecule has 160 valence electrons. The van der Waals surface area contributed by atoms with Gasteiger partial charge < -0.3 is 10.1 Å². The van der Waals surface area contributed by atoms with Gasteiger partial charge in [-0.3, -0.25) is 4.79 Å². The molecule has 1 N–H and O–H groups in total. The molecule has 0 spiro atoms. The van der Waals surface area contributed by atoms with Gasteiger partial charge in [-0.05, 0) is 44.0 Å². The maximum absolute atomic E-state index is 12.7. The summed E-state index contributed by atoms with van der Waals surface area (Å²) in [5.74, 6) is -1.40. The highest BCUT2D eigenvalue weighted by Gasteiger charge is 2.28. The molecule has 2 aromatic rings. The Hall–Kier alpha value is -2.20. The number of hydrogen-bond donors (Lipinski definition) is 1. The van der Waals surface area contributed by atoms with Crippen molar-refractivity contribution in [3.63, 3.8) is 0 Å². The molecule has 1 aliphatic heterocycles. The van der Waals surface area contributed by atoms with Crippen molar-refractivity contribution in [2.45, 2.75) is 30.8 Å². The molecular formula is C19H19Cl2N3O5S. The first-order valence-corrected chi connectivity index (χ1v) is 11.3. The molecule has 8 nitrogen and oxygen atoms in total. The molecule has 11 heteroatoms. The number of rotatable bonds is 6. The predicted molar refractivity (Wildman–Crippen MR) is 112 cm³/mol. The Morgan fingerprint density at radius 1 is 1.20 bits per heavy atom. The second-order valence-corrected chi connectivity index (χ2v) is 9.44. The Morgan fingerprint density at radius 3 is 2.57 bits per heavy atom. The van der Waals surface area contributed by atoms with Crippen molar-refractivity contribution in [3.05, 3.63) is 52.1 Å². The van der Waals surface area contributed by atoms with Crippen LogP contribution in [0.2, 0.25) is 10.0 Å². The maximum atomic E-state index is 12.7. The molecule has 3 rings (SSSR count). The summed E-state index contributed by atoms with van der Waals surface area (Å²) in [4.78, 5) is 28.7. The van der Waals surface area contributed by atoms with Crippen LogP contribution in [-0.4, -0.2) is 48.8 Å². The molecule has 1 amide bonds. The van der Waals surface area contributed by atoms with Crippen LogP contribution in [0.4, 0.5) is 5.82 Å². The Balaban J connectivity index is 1.68. The normalized spacial score (nSPS) is 15.6. The minimum Gasteiger partial charge on any atom is -0.449 e. The lowest BCUT2D eigenvalue weighted by molar-refractivity contribution is -0.123. The SMILES string of the molecule is C[C@@H](OC(=O)c1cccc(S(=O)(=O)N2CCCC2)c1)C(=O)Nc1ncc(Cl)cc1Cl. The number of ether oxygens (including phenoxy) is 1. The fourth-order valence-corrected chi connectivity index (χ4v) is 4.86. The molecule has 0 unspecified atom stereocenters. The number of aromatic nitrogens is 1. The van der Waals surface area contributed by atoms with Crippen molar-refractivity contribution in [3.8, 4) is 0 Å². The van der Waals surface area contributed by atoms with Gasteiger partial charge in [0.15, 0.2) is 11.9 Å². The molecule has 0 saturated carbocycles. The van der Waals surface area contributed by atoms with Crippen molar-refractivity contribution < 1.29 is 22.7 Å². The smallest absolute Gasteiger partial charge is 0.338 e. The summed E-state index contributed by atoms with van der Waals surface area (Å²) in [6.45, 7) is 2.28. The van der Waals surface area contributed by atoms with E-state index in [9.17, 15) is 18.0 Å². The standard InChI is InChI=1S/C19H19Cl2N3O5S/c1-12(18(25)23-17-16(21)10-14(20)11-22-17)29-19(26)13-5-4-6-15(9-13)30(27,28)24-7-2-3-8-24/h4-6,9-12H,2-3,7-8H2,1H3,(H,22,23,25)/t12-/m1/s1. The fourth-order valence-electron chi connectivity index (χ4n) is 2.87. The Bertz CT molecular complexity index is 1070. The maximum Gasteiger partial charge on any atom is 0.338 e. The number of sulfonamides is 1. The lowest BCUT2D eigenvalue weighted by Gasteiger charge is -2.16. The molecule has 0 aliphatic carbocycles. The zero-order chi connectivity index (χ0) is 21.9. The molecule has 1 atom stereocenters. The molecule has 1 saturated heterocycles. The number of halogens is 2. The highest BCUT2D eigenvalue weighted by molar-refractivity contribution is 7.89. The van der Waals surface area contributed by atoms with Crippen LogP contribution in [0.5, 0.6) is 0 Å². The van der Waals surface area contributed by atoms with Gasteiger partial charge in [-0.2, -0.15) is 4.31 Å². The molecule has 1 aromatic heterocycles. The number of esters is 1. The Labute approximate surface area is 184 Å². The number of benzene rings is 1. The van der Waals surface area contributed by atoms with Gasteiger partial charge in [0.2, 0.25) is 10.0 Å². The zero-order valence-electron chi connectivity index (χ0n) is 16.0. The molecule has 1 fully saturated rings. The molecule has 2 heterocycles. The fraction of sp³-hybridized carbons (Fsp3) is 0.316. The van der Waals surface area contributed by atoms with E-state index in [0.717, 1.165) is 12.8 Å². The number of amides is 1. The summed E-state index contributed by atoms with van der Waals surface area (Å²) in [5.41, 5.74) is 0.0255. The van der Waals surface area contributed by atoms with E-state index in [2.05, 4.69) is 10.3 Å². The van der Waals surface area contributed by atoms with Gasteiger partial charge in [-0.15, -0.1) is 0 Å². The number of nitrogens with zero attached hydrogens (tertiary/aromatic N) is 2. The van der Waals surface area contributed by atoms with Crippen molar-refractivity contribution in [1.82, 2.24) is 9.29 Å². The van der Waals surface area contributed by atoms with E-state index in [1.165, 1.54) is 47.8 Å². The van der Waals surface area contributed by atoms with Crippen molar-refractivity contribution >= 4 is 50.9 Å². The second-order valence-electron chi connectivity index (χ2n) is 6.66. The third kappa shape index (κ3) is 5.10. The number of pyridine rings is 1. The summed E-state index contributed by atoms with van der Waals surface area (Å²) < 4.78 is 31.9. The molecule has 1 aliphatic rings. The lowest BCUT2D eigenvalue weighted by atomic mass is 10.2. The number of carbonyl (C=O) groups excluding carboxylic acids is 2. The van der Waals surface area contributed by atoms with Crippen molar-refractivity contribution in [2.75, 3.05) is 18.4 Å². The van der Waals surface area contributed by atoms with E-state index in [0.29, 0.717) is 18.1 Å². The van der Waals surface area contributed by atoms with E-state index in [4.69, 9.17) is 27.9 Å². The molecule has 1 aromatic carbocycles. The van der Waals surface area contributed by atoms with Crippen molar-refractivity contribution in [1.29, 1.82) is 0 Å². The quantitative estimate of drug-likeness (QED) is 0.647. The molecule has 0 radical (unpaired) electrons. The lowest BCUT2D eigenvalue weighted by Crippen LogP contribution is -2.30. The first-order valence-electron chi connectivity index (χ1n) is 9.11. The Morgan fingerprint density at radius 2 is 1.90 bits per heavy atom. The number of hydrogen-bond acceptors (Lipinski definition) is 6.